The second-order valence-corrected chi connectivity index (χ2v) is 4.76. The number of nitrogens with zero attached hydrogens (tertiary/aromatic N) is 1. The van der Waals surface area contributed by atoms with E-state index >= 15 is 0 Å². The Bertz CT molecular complexity index is 675. The van der Waals surface area contributed by atoms with Crippen LogP contribution >= 0.6 is 0 Å². The van der Waals surface area contributed by atoms with Crippen molar-refractivity contribution in [1.82, 2.24) is 10.2 Å². The van der Waals surface area contributed by atoms with E-state index < -0.39 is 41.3 Å². The first-order chi connectivity index (χ1) is 9.90. The van der Waals surface area contributed by atoms with Gasteiger partial charge in [0, 0.05) is 6.42 Å². The van der Waals surface area contributed by atoms with Crippen LogP contribution in [0.25, 0.3) is 0 Å². The van der Waals surface area contributed by atoms with Crippen molar-refractivity contribution in [3.63, 3.8) is 0 Å². The van der Waals surface area contributed by atoms with Crippen LogP contribution in [0.1, 0.15) is 33.6 Å². The highest BCUT2D eigenvalue weighted by Crippen LogP contribution is 2.28. The zero-order chi connectivity index (χ0) is 15.3. The number of rotatable bonds is 1. The average molecular weight is 294 g/mol. The normalized spacial score (nSPS) is 21.6. The van der Waals surface area contributed by atoms with Crippen molar-refractivity contribution in [2.45, 2.75) is 18.9 Å². The molecule has 1 aromatic rings. The van der Waals surface area contributed by atoms with Gasteiger partial charge in [-0.1, -0.05) is 0 Å². The van der Waals surface area contributed by atoms with E-state index in [2.05, 4.69) is 0 Å². The number of fused-ring (bicyclic) bond motifs is 1. The van der Waals surface area contributed by atoms with Crippen molar-refractivity contribution in [2.24, 2.45) is 0 Å². The molecule has 0 aliphatic carbocycles. The number of amides is 4. The van der Waals surface area contributed by atoms with Crippen LogP contribution in [0.4, 0.5) is 8.78 Å². The van der Waals surface area contributed by atoms with Crippen LogP contribution in [0.2, 0.25) is 0 Å². The Morgan fingerprint density at radius 3 is 2.00 bits per heavy atom. The smallest absolute Gasteiger partial charge is 0.262 e. The first-order valence-electron chi connectivity index (χ1n) is 6.11. The minimum absolute atomic E-state index is 0.0128. The largest absolute Gasteiger partial charge is 0.295 e. The predicted molar refractivity (Wildman–Crippen MR) is 63.0 cm³/mol. The first-order valence-corrected chi connectivity index (χ1v) is 6.11. The second kappa shape index (κ2) is 4.44. The van der Waals surface area contributed by atoms with E-state index in [1.807, 2.05) is 5.32 Å². The fraction of sp³-hybridized carbons (Fsp3) is 0.231. The molecular weight excluding hydrogens is 286 g/mol. The van der Waals surface area contributed by atoms with Crippen LogP contribution in [0.3, 0.4) is 0 Å². The highest BCUT2D eigenvalue weighted by atomic mass is 19.2. The summed E-state index contributed by atoms with van der Waals surface area (Å²) in [6.07, 6.45) is -0.0341. The molecule has 2 heterocycles. The van der Waals surface area contributed by atoms with Crippen molar-refractivity contribution < 1.29 is 28.0 Å². The number of hydrogen-bond acceptors (Lipinski definition) is 4. The molecule has 108 valence electrons. The summed E-state index contributed by atoms with van der Waals surface area (Å²) in [5, 5.41) is 2.02. The molecule has 1 N–H and O–H groups in total. The summed E-state index contributed by atoms with van der Waals surface area (Å²) in [7, 11) is 0. The number of halogens is 2. The van der Waals surface area contributed by atoms with Gasteiger partial charge in [-0.25, -0.2) is 8.78 Å². The third kappa shape index (κ3) is 1.91. The van der Waals surface area contributed by atoms with Crippen LogP contribution in [-0.4, -0.2) is 34.6 Å². The molecule has 0 aromatic heterocycles. The minimum atomic E-state index is -1.25. The minimum Gasteiger partial charge on any atom is -0.295 e. The van der Waals surface area contributed by atoms with Gasteiger partial charge in [0.1, 0.15) is 6.04 Å². The Balaban J connectivity index is 2.00. The predicted octanol–water partition coefficient (Wildman–Crippen LogP) is 0.366. The SMILES string of the molecule is O=C1CCC(N2C(=O)c3cc(F)c(F)cc3C2=O)C(=O)N1. The standard InChI is InChI=1S/C13H8F2N2O4/c14-7-3-5-6(4-8(7)15)13(21)17(12(5)20)9-1-2-10(18)16-11(9)19/h3-4,9H,1-2H2,(H,16,18,19). The Morgan fingerprint density at radius 2 is 1.52 bits per heavy atom. The molecule has 1 aromatic carbocycles. The molecule has 1 atom stereocenters. The van der Waals surface area contributed by atoms with E-state index in [-0.39, 0.29) is 24.0 Å². The highest BCUT2D eigenvalue weighted by Gasteiger charge is 2.45. The molecule has 1 unspecified atom stereocenters. The molecule has 0 saturated carbocycles. The van der Waals surface area contributed by atoms with Gasteiger partial charge in [-0.15, -0.1) is 0 Å². The van der Waals surface area contributed by atoms with Crippen molar-refractivity contribution in [3.8, 4) is 0 Å². The van der Waals surface area contributed by atoms with Crippen molar-refractivity contribution >= 4 is 23.6 Å². The summed E-state index contributed by atoms with van der Waals surface area (Å²) < 4.78 is 26.4. The Hall–Kier alpha value is -2.64. The molecule has 4 amide bonds. The molecule has 2 aliphatic rings. The average Bonchev–Trinajstić information content (AvgIpc) is 2.64. The lowest BCUT2D eigenvalue weighted by Gasteiger charge is -2.27. The molecule has 0 radical (unpaired) electrons. The molecule has 6 nitrogen and oxygen atoms in total. The van der Waals surface area contributed by atoms with Crippen LogP contribution in [0.15, 0.2) is 12.1 Å². The van der Waals surface area contributed by atoms with E-state index in [1.165, 1.54) is 0 Å². The summed E-state index contributed by atoms with van der Waals surface area (Å²) in [6.45, 7) is 0. The van der Waals surface area contributed by atoms with E-state index in [0.717, 1.165) is 0 Å². The lowest BCUT2D eigenvalue weighted by atomic mass is 10.0. The van der Waals surface area contributed by atoms with Crippen molar-refractivity contribution in [3.05, 3.63) is 34.9 Å². The molecule has 0 spiro atoms. The van der Waals surface area contributed by atoms with Gasteiger partial charge in [-0.05, 0) is 18.6 Å². The van der Waals surface area contributed by atoms with Gasteiger partial charge in [-0.3, -0.25) is 29.4 Å². The zero-order valence-electron chi connectivity index (χ0n) is 10.5. The zero-order valence-corrected chi connectivity index (χ0v) is 10.5. The van der Waals surface area contributed by atoms with E-state index in [1.54, 1.807) is 0 Å². The van der Waals surface area contributed by atoms with Crippen molar-refractivity contribution in [2.75, 3.05) is 0 Å². The van der Waals surface area contributed by atoms with E-state index in [4.69, 9.17) is 0 Å². The number of benzene rings is 1. The van der Waals surface area contributed by atoms with Gasteiger partial charge in [-0.2, -0.15) is 0 Å². The molecule has 2 aliphatic heterocycles. The number of nitrogens with one attached hydrogen (secondary N) is 1. The topological polar surface area (TPSA) is 83.6 Å². The fourth-order valence-electron chi connectivity index (χ4n) is 2.46. The summed E-state index contributed by atoms with van der Waals surface area (Å²) in [4.78, 5) is 47.8. The van der Waals surface area contributed by atoms with Gasteiger partial charge >= 0.3 is 0 Å². The maximum absolute atomic E-state index is 13.2. The van der Waals surface area contributed by atoms with Crippen molar-refractivity contribution in [1.29, 1.82) is 0 Å². The summed E-state index contributed by atoms with van der Waals surface area (Å²) in [6, 6.07) is 0.120. The van der Waals surface area contributed by atoms with Gasteiger partial charge in [0.2, 0.25) is 11.8 Å². The molecule has 21 heavy (non-hydrogen) atoms. The van der Waals surface area contributed by atoms with Crippen LogP contribution in [-0.2, 0) is 9.59 Å². The number of hydrogen-bond donors (Lipinski definition) is 1. The van der Waals surface area contributed by atoms with E-state index in [9.17, 15) is 28.0 Å². The first kappa shape index (κ1) is 13.3. The molecular formula is C13H8F2N2O4. The van der Waals surface area contributed by atoms with Crippen LogP contribution in [0.5, 0.6) is 0 Å². The number of piperidine rings is 1. The molecule has 1 fully saturated rings. The third-order valence-electron chi connectivity index (χ3n) is 3.48. The second-order valence-electron chi connectivity index (χ2n) is 4.76. The number of carbonyl (C=O) groups is 4. The van der Waals surface area contributed by atoms with E-state index in [0.29, 0.717) is 17.0 Å². The fourth-order valence-corrected chi connectivity index (χ4v) is 2.46. The Kier molecular flexibility index (Phi) is 2.82. The Morgan fingerprint density at radius 1 is 1.00 bits per heavy atom. The highest BCUT2D eigenvalue weighted by molar-refractivity contribution is 6.23. The third-order valence-corrected chi connectivity index (χ3v) is 3.48. The lowest BCUT2D eigenvalue weighted by molar-refractivity contribution is -0.136. The molecule has 8 heteroatoms. The number of imide groups is 2. The maximum Gasteiger partial charge on any atom is 0.262 e. The van der Waals surface area contributed by atoms with Crippen LogP contribution < -0.4 is 5.32 Å². The maximum atomic E-state index is 13.2. The lowest BCUT2D eigenvalue weighted by Crippen LogP contribution is -2.54. The van der Waals surface area contributed by atoms with Gasteiger partial charge in [0.15, 0.2) is 11.6 Å². The summed E-state index contributed by atoms with van der Waals surface area (Å²) >= 11 is 0. The number of carbonyl (C=O) groups excluding carboxylic acids is 4. The van der Waals surface area contributed by atoms with Gasteiger partial charge < -0.3 is 0 Å². The van der Waals surface area contributed by atoms with Gasteiger partial charge in [0.25, 0.3) is 11.8 Å². The molecule has 0 bridgehead atoms. The summed E-state index contributed by atoms with van der Waals surface area (Å²) in [5.74, 6) is -5.52. The molecule has 1 saturated heterocycles. The Labute approximate surface area is 116 Å². The quantitative estimate of drug-likeness (QED) is 0.758. The molecule has 3 rings (SSSR count). The van der Waals surface area contributed by atoms with Gasteiger partial charge in [0.05, 0.1) is 11.1 Å². The summed E-state index contributed by atoms with van der Waals surface area (Å²) in [5.41, 5.74) is -0.577. The monoisotopic (exact) mass is 294 g/mol. The van der Waals surface area contributed by atoms with Crippen LogP contribution in [0, 0.1) is 11.6 Å².